The number of rotatable bonds is 3. The van der Waals surface area contributed by atoms with Gasteiger partial charge >= 0.3 is 17.6 Å². The number of fused-ring (bicyclic) bond motifs is 1. The lowest BCUT2D eigenvalue weighted by Gasteiger charge is -2.22. The van der Waals surface area contributed by atoms with E-state index < -0.39 is 28.9 Å². The van der Waals surface area contributed by atoms with Gasteiger partial charge in [-0.15, -0.1) is 0 Å². The first-order valence-corrected chi connectivity index (χ1v) is 7.24. The van der Waals surface area contributed by atoms with Gasteiger partial charge in [0.15, 0.2) is 17.1 Å². The molecule has 7 nitrogen and oxygen atoms in total. The number of carbonyl (C=O) groups is 2. The van der Waals surface area contributed by atoms with Crippen LogP contribution in [0.4, 0.5) is 0 Å². The van der Waals surface area contributed by atoms with E-state index in [9.17, 15) is 14.4 Å². The Bertz CT molecular complexity index is 856. The molecule has 1 aromatic carbocycles. The first-order chi connectivity index (χ1) is 11.1. The molecule has 0 aliphatic carbocycles. The molecule has 0 aliphatic rings. The van der Waals surface area contributed by atoms with E-state index in [0.717, 1.165) is 6.92 Å². The van der Waals surface area contributed by atoms with Gasteiger partial charge in [0.25, 0.3) is 5.75 Å². The van der Waals surface area contributed by atoms with Gasteiger partial charge in [-0.2, -0.15) is 0 Å². The van der Waals surface area contributed by atoms with Gasteiger partial charge in [-0.3, -0.25) is 9.59 Å². The largest absolute Gasteiger partial charge is 0.484 e. The maximum absolute atomic E-state index is 12.2. The van der Waals surface area contributed by atoms with Gasteiger partial charge in [0, 0.05) is 13.8 Å². The summed E-state index contributed by atoms with van der Waals surface area (Å²) < 4.78 is 21.0. The van der Waals surface area contributed by atoms with Crippen LogP contribution in [0.3, 0.4) is 0 Å². The molecule has 0 aliphatic heterocycles. The summed E-state index contributed by atoms with van der Waals surface area (Å²) in [5.74, 6) is -1.75. The van der Waals surface area contributed by atoms with Crippen molar-refractivity contribution in [2.24, 2.45) is 0 Å². The predicted octanol–water partition coefficient (Wildman–Crippen LogP) is 2.82. The zero-order chi connectivity index (χ0) is 18.1. The molecule has 128 valence electrons. The van der Waals surface area contributed by atoms with Gasteiger partial charge < -0.3 is 18.6 Å². The number of hydrogen-bond donors (Lipinski definition) is 0. The van der Waals surface area contributed by atoms with Crippen LogP contribution in [0.2, 0.25) is 0 Å². The van der Waals surface area contributed by atoms with Crippen LogP contribution in [0.1, 0.15) is 34.6 Å². The number of benzene rings is 1. The predicted molar refractivity (Wildman–Crippen MR) is 85.5 cm³/mol. The molecule has 0 saturated heterocycles. The Balaban J connectivity index is 2.78. The molecule has 0 amide bonds. The summed E-state index contributed by atoms with van der Waals surface area (Å²) in [7, 11) is 0. The van der Waals surface area contributed by atoms with E-state index in [1.165, 1.54) is 6.92 Å². The molecular formula is C17H18O7. The lowest BCUT2D eigenvalue weighted by molar-refractivity contribution is -0.134. The van der Waals surface area contributed by atoms with E-state index in [4.69, 9.17) is 18.6 Å². The first-order valence-electron chi connectivity index (χ1n) is 7.24. The number of ether oxygens (including phenoxy) is 3. The van der Waals surface area contributed by atoms with Crippen molar-refractivity contribution in [1.82, 2.24) is 0 Å². The van der Waals surface area contributed by atoms with Gasteiger partial charge in [-0.25, -0.2) is 4.79 Å². The van der Waals surface area contributed by atoms with Crippen molar-refractivity contribution in [2.45, 2.75) is 40.2 Å². The maximum atomic E-state index is 12.2. The molecular weight excluding hydrogens is 316 g/mol. The fraction of sp³-hybridized carbons (Fsp3) is 0.353. The minimum absolute atomic E-state index is 0.101. The Labute approximate surface area is 138 Å². The Kier molecular flexibility index (Phi) is 4.64. The third-order valence-corrected chi connectivity index (χ3v) is 2.72. The molecule has 0 radical (unpaired) electrons. The molecule has 7 heteroatoms. The quantitative estimate of drug-likeness (QED) is 0.629. The third kappa shape index (κ3) is 3.92. The van der Waals surface area contributed by atoms with E-state index in [-0.39, 0.29) is 16.7 Å². The highest BCUT2D eigenvalue weighted by molar-refractivity contribution is 5.92. The molecule has 0 N–H and O–H groups in total. The highest BCUT2D eigenvalue weighted by atomic mass is 16.6. The van der Waals surface area contributed by atoms with Gasteiger partial charge in [-0.05, 0) is 32.9 Å². The van der Waals surface area contributed by atoms with Crippen LogP contribution in [0.5, 0.6) is 17.2 Å². The molecule has 1 aromatic heterocycles. The Hall–Kier alpha value is -2.83. The van der Waals surface area contributed by atoms with Gasteiger partial charge in [-0.1, -0.05) is 6.07 Å². The lowest BCUT2D eigenvalue weighted by atomic mass is 10.1. The maximum Gasteiger partial charge on any atom is 0.383 e. The van der Waals surface area contributed by atoms with E-state index in [0.29, 0.717) is 5.75 Å². The minimum Gasteiger partial charge on any atom is -0.484 e. The van der Waals surface area contributed by atoms with Crippen molar-refractivity contribution >= 4 is 22.9 Å². The van der Waals surface area contributed by atoms with Gasteiger partial charge in [0.1, 0.15) is 5.60 Å². The fourth-order valence-corrected chi connectivity index (χ4v) is 2.04. The van der Waals surface area contributed by atoms with Crippen LogP contribution < -0.4 is 19.8 Å². The molecule has 0 fully saturated rings. The monoisotopic (exact) mass is 334 g/mol. The van der Waals surface area contributed by atoms with E-state index in [1.54, 1.807) is 18.2 Å². The molecule has 1 heterocycles. The Morgan fingerprint density at radius 2 is 1.58 bits per heavy atom. The zero-order valence-electron chi connectivity index (χ0n) is 14.1. The molecule has 2 rings (SSSR count). The van der Waals surface area contributed by atoms with Crippen molar-refractivity contribution in [3.8, 4) is 17.2 Å². The van der Waals surface area contributed by atoms with E-state index in [2.05, 4.69) is 0 Å². The second-order valence-corrected chi connectivity index (χ2v) is 6.08. The molecule has 2 aromatic rings. The first kappa shape index (κ1) is 17.5. The smallest absolute Gasteiger partial charge is 0.383 e. The molecule has 0 bridgehead atoms. The van der Waals surface area contributed by atoms with Crippen LogP contribution in [-0.2, 0) is 9.59 Å². The number of carbonyl (C=O) groups excluding carboxylic acids is 2. The topological polar surface area (TPSA) is 92.0 Å². The van der Waals surface area contributed by atoms with E-state index in [1.807, 2.05) is 20.8 Å². The molecule has 0 unspecified atom stereocenters. The van der Waals surface area contributed by atoms with Crippen LogP contribution in [0, 0.1) is 0 Å². The summed E-state index contributed by atoms with van der Waals surface area (Å²) in [5, 5.41) is 0.280. The highest BCUT2D eigenvalue weighted by Crippen LogP contribution is 2.37. The summed E-state index contributed by atoms with van der Waals surface area (Å²) in [6.45, 7) is 7.81. The zero-order valence-corrected chi connectivity index (χ0v) is 14.1. The average Bonchev–Trinajstić information content (AvgIpc) is 2.41. The van der Waals surface area contributed by atoms with Gasteiger partial charge in [0.05, 0.1) is 5.39 Å². The van der Waals surface area contributed by atoms with Gasteiger partial charge in [0.2, 0.25) is 0 Å². The summed E-state index contributed by atoms with van der Waals surface area (Å²) >= 11 is 0. The summed E-state index contributed by atoms with van der Waals surface area (Å²) in [6, 6.07) is 4.84. The number of esters is 2. The molecule has 0 saturated carbocycles. The van der Waals surface area contributed by atoms with Crippen molar-refractivity contribution in [1.29, 1.82) is 0 Å². The van der Waals surface area contributed by atoms with E-state index >= 15 is 0 Å². The Morgan fingerprint density at radius 3 is 2.12 bits per heavy atom. The highest BCUT2D eigenvalue weighted by Gasteiger charge is 2.24. The van der Waals surface area contributed by atoms with Crippen molar-refractivity contribution < 1.29 is 28.2 Å². The van der Waals surface area contributed by atoms with Crippen LogP contribution in [0.25, 0.3) is 11.0 Å². The number of para-hydroxylation sites is 1. The standard InChI is InChI=1S/C17H18O7/c1-9(18)21-14-11-7-6-8-12(24-17(3,4)5)13(11)23-16(20)15(14)22-10(2)19/h6-8H,1-5H3. The van der Waals surface area contributed by atoms with Crippen LogP contribution in [-0.4, -0.2) is 17.5 Å². The Morgan fingerprint density at radius 1 is 1.00 bits per heavy atom. The second-order valence-electron chi connectivity index (χ2n) is 6.08. The number of hydrogen-bond acceptors (Lipinski definition) is 7. The van der Waals surface area contributed by atoms with Crippen molar-refractivity contribution in [2.75, 3.05) is 0 Å². The normalized spacial score (nSPS) is 11.2. The molecule has 24 heavy (non-hydrogen) atoms. The summed E-state index contributed by atoms with van der Waals surface area (Å²) in [5.41, 5.74) is -1.38. The average molecular weight is 334 g/mol. The third-order valence-electron chi connectivity index (χ3n) is 2.72. The fourth-order valence-electron chi connectivity index (χ4n) is 2.04. The van der Waals surface area contributed by atoms with Crippen LogP contribution in [0.15, 0.2) is 27.4 Å². The SMILES string of the molecule is CC(=O)Oc1c(OC(C)=O)c2cccc(OC(C)(C)C)c2oc1=O. The molecule has 0 spiro atoms. The van der Waals surface area contributed by atoms with Crippen LogP contribution >= 0.6 is 0 Å². The van der Waals surface area contributed by atoms with Crippen molar-refractivity contribution in [3.05, 3.63) is 28.6 Å². The lowest BCUT2D eigenvalue weighted by Crippen LogP contribution is -2.23. The summed E-state index contributed by atoms with van der Waals surface area (Å²) in [6.07, 6.45) is 0. The minimum atomic E-state index is -0.945. The second kappa shape index (κ2) is 6.35. The van der Waals surface area contributed by atoms with Crippen molar-refractivity contribution in [3.63, 3.8) is 0 Å². The summed E-state index contributed by atoms with van der Waals surface area (Å²) in [4.78, 5) is 34.8. The molecule has 0 atom stereocenters.